The topological polar surface area (TPSA) is 83.8 Å². The van der Waals surface area contributed by atoms with Gasteiger partial charge in [0.15, 0.2) is 6.61 Å². The molecule has 0 bridgehead atoms. The van der Waals surface area contributed by atoms with Gasteiger partial charge in [-0.1, -0.05) is 0 Å². The molecule has 0 radical (unpaired) electrons. The van der Waals surface area contributed by atoms with Gasteiger partial charge in [0.05, 0.1) is 18.0 Å². The summed E-state index contributed by atoms with van der Waals surface area (Å²) in [6.07, 6.45) is 1.61. The zero-order valence-corrected chi connectivity index (χ0v) is 13.5. The van der Waals surface area contributed by atoms with E-state index in [2.05, 4.69) is 10.6 Å². The Morgan fingerprint density at radius 1 is 1.38 bits per heavy atom. The van der Waals surface area contributed by atoms with Gasteiger partial charge in [0.2, 0.25) is 0 Å². The highest BCUT2D eigenvalue weighted by Crippen LogP contribution is 2.28. The molecule has 1 aliphatic heterocycles. The Morgan fingerprint density at radius 2 is 2.21 bits per heavy atom. The van der Waals surface area contributed by atoms with Crippen LogP contribution in [0.1, 0.15) is 22.2 Å². The van der Waals surface area contributed by atoms with Gasteiger partial charge >= 0.3 is 0 Å². The number of furan rings is 1. The Kier molecular flexibility index (Phi) is 4.52. The lowest BCUT2D eigenvalue weighted by atomic mass is 10.1. The molecule has 0 saturated carbocycles. The molecule has 0 fully saturated rings. The molecular formula is C17H19N3O4. The van der Waals surface area contributed by atoms with Gasteiger partial charge in [-0.3, -0.25) is 14.5 Å². The second kappa shape index (κ2) is 6.76. The van der Waals surface area contributed by atoms with Crippen molar-refractivity contribution in [3.8, 4) is 5.75 Å². The van der Waals surface area contributed by atoms with E-state index in [4.69, 9.17) is 9.15 Å². The van der Waals surface area contributed by atoms with Crippen LogP contribution in [0, 0.1) is 0 Å². The van der Waals surface area contributed by atoms with Crippen LogP contribution in [0.15, 0.2) is 41.0 Å². The van der Waals surface area contributed by atoms with Crippen LogP contribution >= 0.6 is 0 Å². The zero-order chi connectivity index (χ0) is 17.1. The van der Waals surface area contributed by atoms with E-state index in [1.807, 2.05) is 31.1 Å². The van der Waals surface area contributed by atoms with E-state index in [9.17, 15) is 9.59 Å². The first-order valence-electron chi connectivity index (χ1n) is 7.59. The molecule has 1 atom stereocenters. The molecule has 1 aromatic heterocycles. The first-order valence-corrected chi connectivity index (χ1v) is 7.59. The molecule has 24 heavy (non-hydrogen) atoms. The Balaban J connectivity index is 1.68. The summed E-state index contributed by atoms with van der Waals surface area (Å²) in [7, 11) is 3.85. The molecule has 0 aliphatic carbocycles. The zero-order valence-electron chi connectivity index (χ0n) is 13.5. The maximum absolute atomic E-state index is 12.4. The van der Waals surface area contributed by atoms with Gasteiger partial charge < -0.3 is 19.8 Å². The summed E-state index contributed by atoms with van der Waals surface area (Å²) in [5.41, 5.74) is 1.05. The number of nitrogens with zero attached hydrogens (tertiary/aromatic N) is 1. The first kappa shape index (κ1) is 16.1. The van der Waals surface area contributed by atoms with Crippen molar-refractivity contribution in [3.63, 3.8) is 0 Å². The van der Waals surface area contributed by atoms with Crippen LogP contribution in [-0.2, 0) is 4.79 Å². The molecule has 3 rings (SSSR count). The molecule has 0 saturated heterocycles. The highest BCUT2D eigenvalue weighted by Gasteiger charge is 2.20. The van der Waals surface area contributed by atoms with Gasteiger partial charge in [0.1, 0.15) is 11.5 Å². The number of rotatable bonds is 5. The third-order valence-electron chi connectivity index (χ3n) is 3.83. The summed E-state index contributed by atoms with van der Waals surface area (Å²) >= 11 is 0. The van der Waals surface area contributed by atoms with Crippen LogP contribution in [0.2, 0.25) is 0 Å². The van der Waals surface area contributed by atoms with E-state index in [-0.39, 0.29) is 24.5 Å². The van der Waals surface area contributed by atoms with Gasteiger partial charge in [-0.2, -0.15) is 0 Å². The third kappa shape index (κ3) is 3.41. The van der Waals surface area contributed by atoms with Gasteiger partial charge in [0.25, 0.3) is 11.8 Å². The largest absolute Gasteiger partial charge is 0.482 e. The minimum absolute atomic E-state index is 0.0424. The summed E-state index contributed by atoms with van der Waals surface area (Å²) < 4.78 is 10.8. The van der Waals surface area contributed by atoms with E-state index in [0.29, 0.717) is 23.5 Å². The number of likely N-dealkylation sites (N-methyl/N-ethyl adjacent to an activating group) is 1. The van der Waals surface area contributed by atoms with E-state index in [1.54, 1.807) is 24.5 Å². The van der Waals surface area contributed by atoms with Crippen molar-refractivity contribution in [2.75, 3.05) is 32.6 Å². The van der Waals surface area contributed by atoms with Crippen molar-refractivity contribution < 1.29 is 18.7 Å². The SMILES string of the molecule is CN(C)[C@H](CNC(=O)c1ccc2c(c1)OCC(=O)N2)c1ccco1. The van der Waals surface area contributed by atoms with Gasteiger partial charge in [-0.25, -0.2) is 0 Å². The van der Waals surface area contributed by atoms with Crippen molar-refractivity contribution in [1.82, 2.24) is 10.2 Å². The van der Waals surface area contributed by atoms with Crippen molar-refractivity contribution in [3.05, 3.63) is 47.9 Å². The molecule has 2 amide bonds. The normalized spacial score (nSPS) is 14.5. The molecule has 1 aliphatic rings. The summed E-state index contributed by atoms with van der Waals surface area (Å²) in [6.45, 7) is 0.368. The molecule has 0 unspecified atom stereocenters. The number of amides is 2. The molecule has 126 valence electrons. The quantitative estimate of drug-likeness (QED) is 0.871. The molecule has 2 aromatic rings. The summed E-state index contributed by atoms with van der Waals surface area (Å²) in [5, 5.41) is 5.60. The number of ether oxygens (including phenoxy) is 1. The molecule has 0 spiro atoms. The highest BCUT2D eigenvalue weighted by atomic mass is 16.5. The number of carbonyl (C=O) groups excluding carboxylic acids is 2. The summed E-state index contributed by atoms with van der Waals surface area (Å²) in [5.74, 6) is 0.873. The van der Waals surface area contributed by atoms with Gasteiger partial charge in [-0.15, -0.1) is 0 Å². The van der Waals surface area contributed by atoms with E-state index in [1.165, 1.54) is 0 Å². The minimum Gasteiger partial charge on any atom is -0.482 e. The smallest absolute Gasteiger partial charge is 0.262 e. The molecule has 2 N–H and O–H groups in total. The van der Waals surface area contributed by atoms with Crippen molar-refractivity contribution in [2.24, 2.45) is 0 Å². The van der Waals surface area contributed by atoms with Crippen molar-refractivity contribution in [1.29, 1.82) is 0 Å². The molecule has 1 aromatic carbocycles. The van der Waals surface area contributed by atoms with Gasteiger partial charge in [-0.05, 0) is 44.4 Å². The first-order chi connectivity index (χ1) is 11.5. The lowest BCUT2D eigenvalue weighted by Gasteiger charge is -2.23. The van der Waals surface area contributed by atoms with Crippen LogP contribution in [0.3, 0.4) is 0 Å². The van der Waals surface area contributed by atoms with Crippen LogP contribution in [0.4, 0.5) is 5.69 Å². The summed E-state index contributed by atoms with van der Waals surface area (Å²) in [4.78, 5) is 25.6. The fourth-order valence-electron chi connectivity index (χ4n) is 2.53. The fourth-order valence-corrected chi connectivity index (χ4v) is 2.53. The number of carbonyl (C=O) groups is 2. The van der Waals surface area contributed by atoms with Crippen LogP contribution in [-0.4, -0.2) is 44.0 Å². The number of anilines is 1. The van der Waals surface area contributed by atoms with E-state index >= 15 is 0 Å². The Hall–Kier alpha value is -2.80. The monoisotopic (exact) mass is 329 g/mol. The third-order valence-corrected chi connectivity index (χ3v) is 3.83. The lowest BCUT2D eigenvalue weighted by molar-refractivity contribution is -0.118. The maximum atomic E-state index is 12.4. The second-order valence-corrected chi connectivity index (χ2v) is 5.75. The second-order valence-electron chi connectivity index (χ2n) is 5.75. The molecule has 7 nitrogen and oxygen atoms in total. The number of hydrogen-bond acceptors (Lipinski definition) is 5. The highest BCUT2D eigenvalue weighted by molar-refractivity contribution is 5.98. The number of nitrogens with one attached hydrogen (secondary N) is 2. The predicted molar refractivity (Wildman–Crippen MR) is 88.0 cm³/mol. The van der Waals surface area contributed by atoms with Crippen LogP contribution in [0.25, 0.3) is 0 Å². The fraction of sp³-hybridized carbons (Fsp3) is 0.294. The molecule has 7 heteroatoms. The average molecular weight is 329 g/mol. The Bertz CT molecular complexity index is 740. The minimum atomic E-state index is -0.211. The molecular weight excluding hydrogens is 310 g/mol. The summed E-state index contributed by atoms with van der Waals surface area (Å²) in [6, 6.07) is 8.59. The molecule has 2 heterocycles. The lowest BCUT2D eigenvalue weighted by Crippen LogP contribution is -2.34. The Labute approximate surface area is 139 Å². The van der Waals surface area contributed by atoms with E-state index in [0.717, 1.165) is 5.76 Å². The number of benzene rings is 1. The number of fused-ring (bicyclic) bond motifs is 1. The van der Waals surface area contributed by atoms with Crippen molar-refractivity contribution >= 4 is 17.5 Å². The average Bonchev–Trinajstić information content (AvgIpc) is 3.08. The Morgan fingerprint density at radius 3 is 2.92 bits per heavy atom. The van der Waals surface area contributed by atoms with E-state index < -0.39 is 0 Å². The van der Waals surface area contributed by atoms with Crippen LogP contribution in [0.5, 0.6) is 5.75 Å². The van der Waals surface area contributed by atoms with Crippen molar-refractivity contribution in [2.45, 2.75) is 6.04 Å². The van der Waals surface area contributed by atoms with Crippen LogP contribution < -0.4 is 15.4 Å². The predicted octanol–water partition coefficient (Wildman–Crippen LogP) is 1.64. The maximum Gasteiger partial charge on any atom is 0.262 e. The standard InChI is InChI=1S/C17H19N3O4/c1-20(2)13(14-4-3-7-23-14)9-18-17(22)11-5-6-12-15(8-11)24-10-16(21)19-12/h3-8,13H,9-10H2,1-2H3,(H,18,22)(H,19,21)/t13-/m1/s1. The van der Waals surface area contributed by atoms with Gasteiger partial charge in [0, 0.05) is 12.1 Å². The number of hydrogen-bond donors (Lipinski definition) is 2.